The lowest BCUT2D eigenvalue weighted by Crippen LogP contribution is -2.57. The lowest BCUT2D eigenvalue weighted by atomic mass is 10.1. The molecule has 2 aliphatic heterocycles. The van der Waals surface area contributed by atoms with Crippen molar-refractivity contribution in [2.24, 2.45) is 0 Å². The van der Waals surface area contributed by atoms with E-state index in [2.05, 4.69) is 10.6 Å². The van der Waals surface area contributed by atoms with E-state index in [0.717, 1.165) is 39.0 Å². The molecule has 4 rings (SSSR count). The van der Waals surface area contributed by atoms with Gasteiger partial charge in [-0.3, -0.25) is 0 Å². The van der Waals surface area contributed by atoms with Gasteiger partial charge in [0, 0.05) is 38.3 Å². The summed E-state index contributed by atoms with van der Waals surface area (Å²) < 4.78 is 10.9. The van der Waals surface area contributed by atoms with Crippen molar-refractivity contribution in [2.75, 3.05) is 26.2 Å². The average molecular weight is 453 g/mol. The molecule has 2 heterocycles. The highest BCUT2D eigenvalue weighted by Gasteiger charge is 2.40. The van der Waals surface area contributed by atoms with Crippen molar-refractivity contribution in [1.29, 1.82) is 0 Å². The summed E-state index contributed by atoms with van der Waals surface area (Å²) in [6.07, 6.45) is 6.71. The number of hydrogen-bond donors (Lipinski definition) is 2. The zero-order chi connectivity index (χ0) is 23.5. The van der Waals surface area contributed by atoms with E-state index in [1.165, 1.54) is 25.7 Å². The molecule has 4 aliphatic rings. The molecule has 32 heavy (non-hydrogen) atoms. The van der Waals surface area contributed by atoms with Crippen LogP contribution in [0, 0.1) is 0 Å². The molecule has 184 valence electrons. The van der Waals surface area contributed by atoms with Crippen LogP contribution in [-0.4, -0.2) is 83.5 Å². The Labute approximate surface area is 193 Å². The molecule has 0 unspecified atom stereocenters. The van der Waals surface area contributed by atoms with E-state index in [0.29, 0.717) is 24.2 Å². The van der Waals surface area contributed by atoms with E-state index >= 15 is 0 Å². The minimum absolute atomic E-state index is 0.147. The van der Waals surface area contributed by atoms with Gasteiger partial charge in [-0.2, -0.15) is 0 Å². The Morgan fingerprint density at radius 3 is 1.41 bits per heavy atom. The maximum absolute atomic E-state index is 12.0. The van der Waals surface area contributed by atoms with E-state index in [4.69, 9.17) is 9.47 Å². The summed E-state index contributed by atoms with van der Waals surface area (Å²) in [5.74, 6) is 0. The predicted molar refractivity (Wildman–Crippen MR) is 125 cm³/mol. The molecule has 0 aromatic heterocycles. The minimum atomic E-state index is -0.393. The molecule has 8 heteroatoms. The first-order chi connectivity index (χ1) is 14.9. The summed E-state index contributed by atoms with van der Waals surface area (Å²) in [4.78, 5) is 27.9. The summed E-state index contributed by atoms with van der Waals surface area (Å²) in [7, 11) is 0. The second-order valence-corrected chi connectivity index (χ2v) is 11.5. The molecule has 2 N–H and O–H groups in total. The van der Waals surface area contributed by atoms with Crippen LogP contribution in [0.3, 0.4) is 0 Å². The third kappa shape index (κ3) is 6.73. The number of carbonyl (C=O) groups is 2. The largest absolute Gasteiger partial charge is 0.444 e. The summed E-state index contributed by atoms with van der Waals surface area (Å²) in [6.45, 7) is 14.8. The van der Waals surface area contributed by atoms with Gasteiger partial charge in [-0.1, -0.05) is 0 Å². The molecule has 2 saturated heterocycles. The zero-order valence-electron chi connectivity index (χ0n) is 20.9. The molecule has 0 aromatic carbocycles. The molecule has 0 spiro atoms. The number of nitrogens with one attached hydrogen (secondary N) is 2. The highest BCUT2D eigenvalue weighted by atomic mass is 16.6. The van der Waals surface area contributed by atoms with Gasteiger partial charge in [0.15, 0.2) is 0 Å². The van der Waals surface area contributed by atoms with Gasteiger partial charge in [-0.15, -0.1) is 0 Å². The van der Waals surface area contributed by atoms with Gasteiger partial charge < -0.3 is 29.9 Å². The molecule has 4 fully saturated rings. The maximum atomic E-state index is 12.0. The number of rotatable bonds is 0. The second kappa shape index (κ2) is 10.2. The van der Waals surface area contributed by atoms with Gasteiger partial charge in [0.1, 0.15) is 11.2 Å². The van der Waals surface area contributed by atoms with Crippen LogP contribution in [0.5, 0.6) is 0 Å². The molecular formula is C24H44N4O4. The Morgan fingerprint density at radius 1 is 0.688 bits per heavy atom. The number of piperazine rings is 2. The van der Waals surface area contributed by atoms with E-state index in [1.807, 2.05) is 51.3 Å². The summed E-state index contributed by atoms with van der Waals surface area (Å²) >= 11 is 0. The van der Waals surface area contributed by atoms with Crippen LogP contribution in [-0.2, 0) is 9.47 Å². The first-order valence-electron chi connectivity index (χ1n) is 12.4. The molecule has 4 atom stereocenters. The van der Waals surface area contributed by atoms with Crippen LogP contribution in [0.4, 0.5) is 9.59 Å². The number of fused-ring (bicyclic) bond motifs is 2. The zero-order valence-corrected chi connectivity index (χ0v) is 20.9. The fourth-order valence-corrected chi connectivity index (χ4v) is 5.27. The van der Waals surface area contributed by atoms with Gasteiger partial charge in [-0.05, 0) is 80.1 Å². The molecule has 8 nitrogen and oxygen atoms in total. The van der Waals surface area contributed by atoms with Crippen LogP contribution >= 0.6 is 0 Å². The van der Waals surface area contributed by atoms with Crippen molar-refractivity contribution in [3.63, 3.8) is 0 Å². The Bertz CT molecular complexity index is 601. The topological polar surface area (TPSA) is 83.1 Å². The van der Waals surface area contributed by atoms with E-state index in [1.54, 1.807) is 0 Å². The number of carbonyl (C=O) groups excluding carboxylic acids is 2. The average Bonchev–Trinajstić information content (AvgIpc) is 3.34. The lowest BCUT2D eigenvalue weighted by molar-refractivity contribution is 0.00788. The normalized spacial score (nSPS) is 30.1. The van der Waals surface area contributed by atoms with Crippen molar-refractivity contribution in [3.05, 3.63) is 0 Å². The van der Waals surface area contributed by atoms with Crippen LogP contribution < -0.4 is 10.6 Å². The first-order valence-corrected chi connectivity index (χ1v) is 12.4. The number of amides is 2. The molecule has 2 saturated carbocycles. The van der Waals surface area contributed by atoms with Gasteiger partial charge in [0.25, 0.3) is 0 Å². The fraction of sp³-hybridized carbons (Fsp3) is 0.917. The van der Waals surface area contributed by atoms with Crippen LogP contribution in [0.1, 0.15) is 80.1 Å². The van der Waals surface area contributed by atoms with Crippen LogP contribution in [0.2, 0.25) is 0 Å². The van der Waals surface area contributed by atoms with E-state index < -0.39 is 11.2 Å². The number of nitrogens with zero attached hydrogens (tertiary/aromatic N) is 2. The Hall–Kier alpha value is -1.54. The summed E-state index contributed by atoms with van der Waals surface area (Å²) in [5.41, 5.74) is -0.786. The summed E-state index contributed by atoms with van der Waals surface area (Å²) in [5, 5.41) is 6.96. The highest BCUT2D eigenvalue weighted by molar-refractivity contribution is 5.69. The Kier molecular flexibility index (Phi) is 7.97. The van der Waals surface area contributed by atoms with Crippen LogP contribution in [0.25, 0.3) is 0 Å². The third-order valence-corrected chi connectivity index (χ3v) is 6.53. The minimum Gasteiger partial charge on any atom is -0.444 e. The van der Waals surface area contributed by atoms with Crippen molar-refractivity contribution in [1.82, 2.24) is 20.4 Å². The first kappa shape index (κ1) is 25.1. The fourth-order valence-electron chi connectivity index (χ4n) is 5.27. The molecule has 0 aromatic rings. The lowest BCUT2D eigenvalue weighted by Gasteiger charge is -2.39. The van der Waals surface area contributed by atoms with Crippen molar-refractivity contribution < 1.29 is 19.1 Å². The number of hydrogen-bond acceptors (Lipinski definition) is 6. The van der Waals surface area contributed by atoms with E-state index in [9.17, 15) is 9.59 Å². The predicted octanol–water partition coefficient (Wildman–Crippen LogP) is 3.50. The van der Waals surface area contributed by atoms with Crippen molar-refractivity contribution >= 4 is 12.2 Å². The summed E-state index contributed by atoms with van der Waals surface area (Å²) in [6, 6.07) is 1.68. The highest BCUT2D eigenvalue weighted by Crippen LogP contribution is 2.28. The van der Waals surface area contributed by atoms with E-state index in [-0.39, 0.29) is 12.2 Å². The van der Waals surface area contributed by atoms with Crippen molar-refractivity contribution in [3.8, 4) is 0 Å². The van der Waals surface area contributed by atoms with Gasteiger partial charge in [-0.25, -0.2) is 9.59 Å². The Morgan fingerprint density at radius 2 is 1.06 bits per heavy atom. The van der Waals surface area contributed by atoms with Crippen LogP contribution in [0.15, 0.2) is 0 Å². The van der Waals surface area contributed by atoms with Gasteiger partial charge in [0.2, 0.25) is 0 Å². The maximum Gasteiger partial charge on any atom is 0.410 e. The smallest absolute Gasteiger partial charge is 0.410 e. The standard InChI is InChI=1S/2C12H22N2O2/c2*1-12(2,3)16-11(15)14-8-7-13-9-5-4-6-10(9)14/h2*9-10,13H,4-8H2,1-3H3/t2*9-,10+/m10/s1. The number of ether oxygens (including phenoxy) is 2. The van der Waals surface area contributed by atoms with Gasteiger partial charge in [0.05, 0.1) is 12.1 Å². The third-order valence-electron chi connectivity index (χ3n) is 6.53. The molecule has 2 aliphatic carbocycles. The monoisotopic (exact) mass is 452 g/mol. The Balaban J connectivity index is 0.000000181. The second-order valence-electron chi connectivity index (χ2n) is 11.5. The molecule has 0 radical (unpaired) electrons. The SMILES string of the molecule is CC(C)(C)OC(=O)N1CCN[C@@H]2CCC[C@@H]21.CC(C)(C)OC(=O)N1CCN[C@H]2CCC[C@H]21. The molecule has 2 amide bonds. The van der Waals surface area contributed by atoms with Crippen molar-refractivity contribution in [2.45, 2.75) is 115 Å². The quantitative estimate of drug-likeness (QED) is 0.585. The van der Waals surface area contributed by atoms with Gasteiger partial charge >= 0.3 is 12.2 Å². The molecular weight excluding hydrogens is 408 g/mol. The molecule has 0 bridgehead atoms.